The molecule has 0 bridgehead atoms. The molecule has 0 radical (unpaired) electrons. The van der Waals surface area contributed by atoms with E-state index in [9.17, 15) is 9.13 Å². The van der Waals surface area contributed by atoms with Crippen molar-refractivity contribution in [3.05, 3.63) is 0 Å². The summed E-state index contributed by atoms with van der Waals surface area (Å²) in [6.07, 6.45) is 0. The van der Waals surface area contributed by atoms with Crippen molar-refractivity contribution in [2.45, 2.75) is 0 Å². The summed E-state index contributed by atoms with van der Waals surface area (Å²) < 4.78 is 32.4. The van der Waals surface area contributed by atoms with Crippen LogP contribution in [0.25, 0.3) is 0 Å². The van der Waals surface area contributed by atoms with Crippen LogP contribution in [0.4, 0.5) is 0 Å². The molecule has 1 fully saturated rings. The summed E-state index contributed by atoms with van der Waals surface area (Å²) in [7, 11) is -6.70. The Morgan fingerprint density at radius 2 is 2.00 bits per heavy atom. The average molecular weight is 203 g/mol. The number of phosphoric acid groups is 1. The minimum Gasteiger partial charge on any atom is -0.359 e. The van der Waals surface area contributed by atoms with Gasteiger partial charge in [-0.25, -0.2) is 4.57 Å². The second-order valence-electron chi connectivity index (χ2n) is 1.32. The summed E-state index contributed by atoms with van der Waals surface area (Å²) in [5.41, 5.74) is 0. The number of hydrogen-bond donors (Lipinski definition) is 2. The molecule has 2 N–H and O–H groups in total. The molecule has 0 atom stereocenters. The predicted octanol–water partition coefficient (Wildman–Crippen LogP) is -0.215. The summed E-state index contributed by atoms with van der Waals surface area (Å²) in [5, 5.41) is 0. The van der Waals surface area contributed by atoms with Gasteiger partial charge in [0.25, 0.3) is 0 Å². The Balaban J connectivity index is 2.29. The highest BCUT2D eigenvalue weighted by Crippen LogP contribution is 2.46. The van der Waals surface area contributed by atoms with Crippen molar-refractivity contribution in [2.75, 3.05) is 0 Å². The highest BCUT2D eigenvalue weighted by Gasteiger charge is 2.64. The van der Waals surface area contributed by atoms with E-state index in [-0.39, 0.29) is 0 Å². The first-order valence-electron chi connectivity index (χ1n) is 2.02. The van der Waals surface area contributed by atoms with Gasteiger partial charge in [0.15, 0.2) is 0 Å². The summed E-state index contributed by atoms with van der Waals surface area (Å²) in [6.45, 7) is 0. The zero-order chi connectivity index (χ0) is 7.78. The molecule has 0 amide bonds. The van der Waals surface area contributed by atoms with Crippen molar-refractivity contribution in [1.82, 2.24) is 0 Å². The molecule has 1 rings (SSSR count). The smallest absolute Gasteiger partial charge is 0.359 e. The maximum Gasteiger partial charge on any atom is 1.01 e. The SMILES string of the molecule is O=[P+]1[O][Al]([O]P(=O)(O)O)[O]1. The van der Waals surface area contributed by atoms with Gasteiger partial charge in [0.05, 0.1) is 0 Å². The lowest BCUT2D eigenvalue weighted by atomic mass is 15.6. The minimum absolute atomic E-state index is 2.17. The number of hydrogen-bond acceptors (Lipinski definition) is 5. The van der Waals surface area contributed by atoms with Crippen molar-refractivity contribution in [3.63, 3.8) is 0 Å². The Morgan fingerprint density at radius 1 is 1.50 bits per heavy atom. The largest absolute Gasteiger partial charge is 1.01 e. The van der Waals surface area contributed by atoms with E-state index in [1.54, 1.807) is 0 Å². The zero-order valence-corrected chi connectivity index (χ0v) is 7.35. The van der Waals surface area contributed by atoms with E-state index in [4.69, 9.17) is 9.79 Å². The van der Waals surface area contributed by atoms with Crippen LogP contribution < -0.4 is 0 Å². The fourth-order valence-electron chi connectivity index (χ4n) is 0.299. The topological polar surface area (TPSA) is 102 Å². The van der Waals surface area contributed by atoms with E-state index in [1.807, 2.05) is 0 Å². The summed E-state index contributed by atoms with van der Waals surface area (Å²) in [5.74, 6) is 0. The third-order valence-corrected chi connectivity index (χ3v) is 5.11. The molecular formula is H2AlO7P2+. The zero-order valence-electron chi connectivity index (χ0n) is 4.41. The summed E-state index contributed by atoms with van der Waals surface area (Å²) in [4.78, 5) is 16.2. The van der Waals surface area contributed by atoms with Crippen LogP contribution in [-0.2, 0) is 19.9 Å². The molecule has 0 aromatic carbocycles. The number of rotatable bonds is 2. The lowest BCUT2D eigenvalue weighted by molar-refractivity contribution is 0.189. The summed E-state index contributed by atoms with van der Waals surface area (Å²) in [6, 6.07) is 0. The fraction of sp³-hybridized carbons (Fsp3) is 0. The lowest BCUT2D eigenvalue weighted by Gasteiger charge is -2.07. The van der Waals surface area contributed by atoms with E-state index < -0.39 is 31.2 Å². The Kier molecular flexibility index (Phi) is 2.59. The Morgan fingerprint density at radius 3 is 2.30 bits per heavy atom. The quantitative estimate of drug-likeness (QED) is 0.472. The van der Waals surface area contributed by atoms with E-state index in [0.29, 0.717) is 0 Å². The lowest BCUT2D eigenvalue weighted by Crippen LogP contribution is -2.28. The average Bonchev–Trinajstić information content (AvgIpc) is 1.57. The van der Waals surface area contributed by atoms with Crippen LogP contribution in [0.15, 0.2) is 0 Å². The van der Waals surface area contributed by atoms with Crippen LogP contribution in [0.2, 0.25) is 0 Å². The van der Waals surface area contributed by atoms with E-state index in [1.165, 1.54) is 0 Å². The minimum atomic E-state index is -4.53. The molecular weight excluding hydrogens is 201 g/mol. The molecule has 10 heteroatoms. The van der Waals surface area contributed by atoms with Crippen LogP contribution in [0.3, 0.4) is 0 Å². The molecule has 1 heterocycles. The van der Waals surface area contributed by atoms with Crippen molar-refractivity contribution in [3.8, 4) is 0 Å². The van der Waals surface area contributed by atoms with Gasteiger partial charge < -0.3 is 13.4 Å². The molecule has 10 heavy (non-hydrogen) atoms. The molecule has 1 aliphatic rings. The maximum absolute atomic E-state index is 10.0. The fourth-order valence-corrected chi connectivity index (χ4v) is 3.38. The second-order valence-corrected chi connectivity index (χ2v) is 5.85. The van der Waals surface area contributed by atoms with Gasteiger partial charge >= 0.3 is 31.2 Å². The predicted molar refractivity (Wildman–Crippen MR) is 28.7 cm³/mol. The van der Waals surface area contributed by atoms with Crippen LogP contribution in [0, 0.1) is 0 Å². The Hall–Kier alpha value is 0.662. The van der Waals surface area contributed by atoms with Gasteiger partial charge in [-0.1, -0.05) is 0 Å². The van der Waals surface area contributed by atoms with Gasteiger partial charge in [-0.15, -0.1) is 0 Å². The van der Waals surface area contributed by atoms with Gasteiger partial charge in [-0.05, 0) is 0 Å². The van der Waals surface area contributed by atoms with Gasteiger partial charge in [0.2, 0.25) is 0 Å². The molecule has 1 aliphatic heterocycles. The second kappa shape index (κ2) is 2.96. The standard InChI is InChI=1S/Al.H3O4P.HO3P/c;1-5(2,3)4;1-4(2)3/h;(H3,1,2,3,4);(H,1,2,3)/q+3;;/p-2. The molecule has 1 saturated heterocycles. The van der Waals surface area contributed by atoms with Gasteiger partial charge in [0, 0.05) is 4.57 Å². The van der Waals surface area contributed by atoms with Crippen molar-refractivity contribution >= 4 is 31.2 Å². The third kappa shape index (κ3) is 2.72. The Bertz CT molecular complexity index is 184. The Labute approximate surface area is 61.5 Å². The first kappa shape index (κ1) is 8.76. The molecule has 0 unspecified atom stereocenters. The molecule has 0 aromatic rings. The maximum atomic E-state index is 10.0. The highest BCUT2D eigenvalue weighted by atomic mass is 31.2. The van der Waals surface area contributed by atoms with Crippen LogP contribution in [0.1, 0.15) is 0 Å². The van der Waals surface area contributed by atoms with E-state index >= 15 is 0 Å². The first-order chi connectivity index (χ1) is 4.47. The van der Waals surface area contributed by atoms with Gasteiger partial charge in [-0.2, -0.15) is 7.15 Å². The van der Waals surface area contributed by atoms with Crippen LogP contribution in [-0.4, -0.2) is 24.9 Å². The van der Waals surface area contributed by atoms with Crippen LogP contribution >= 0.6 is 16.1 Å². The summed E-state index contributed by atoms with van der Waals surface area (Å²) >= 11 is -2.73. The van der Waals surface area contributed by atoms with Crippen LogP contribution in [0.5, 0.6) is 0 Å². The van der Waals surface area contributed by atoms with E-state index in [2.05, 4.69) is 10.7 Å². The van der Waals surface area contributed by atoms with E-state index in [0.717, 1.165) is 0 Å². The molecule has 0 aromatic heterocycles. The molecule has 56 valence electrons. The molecule has 0 saturated carbocycles. The van der Waals surface area contributed by atoms with Crippen molar-refractivity contribution < 1.29 is 29.6 Å². The molecule has 7 nitrogen and oxygen atoms in total. The van der Waals surface area contributed by atoms with Crippen molar-refractivity contribution in [1.29, 1.82) is 0 Å². The monoisotopic (exact) mass is 203 g/mol. The van der Waals surface area contributed by atoms with Crippen molar-refractivity contribution in [2.24, 2.45) is 0 Å². The van der Waals surface area contributed by atoms with Gasteiger partial charge in [-0.3, -0.25) is 0 Å². The first-order valence-corrected chi connectivity index (χ1v) is 6.06. The third-order valence-electron chi connectivity index (χ3n) is 0.568. The molecule has 0 aliphatic carbocycles. The van der Waals surface area contributed by atoms with Gasteiger partial charge in [0.1, 0.15) is 0 Å². The molecule has 0 spiro atoms. The normalized spacial score (nSPS) is 19.0. The highest BCUT2D eigenvalue weighted by molar-refractivity contribution is 7.49.